The molecular weight excluding hydrogens is 758 g/mol. The lowest BCUT2D eigenvalue weighted by atomic mass is 9.45. The van der Waals surface area contributed by atoms with E-state index in [9.17, 15) is 38.3 Å². The highest BCUT2D eigenvalue weighted by atomic mass is 123. The number of Topliss-reactive ketones (excluding diaryl/α,β-unsaturated/α-hetero) is 1. The van der Waals surface area contributed by atoms with E-state index in [0.717, 1.165) is 55.9 Å². The van der Waals surface area contributed by atoms with Crippen LogP contribution in [-0.2, 0) is 37.7 Å². The number of nitrogens with one attached hydrogen (secondary N) is 1. The third kappa shape index (κ3) is 7.14. The zero-order valence-corrected chi connectivity index (χ0v) is 30.2. The standard InChI is InChI=1S/C32H44IN2O12P/c1-31-11-9-18(36)13-17(31)3-4-19-20-5-6-25(32(20,2)12-10-21(19)31)47-28(38)8-7-27(37)46-23-14-26(45-24(23)16-44-48(41,42)43)35-15-22(33)29(39)34-30(35)40/h15,17,19-21,23-26H,3-14,16H2,1-2H3,(H,34,39,40)(H2,41,42,43)/t17-,19-,20-,21-,23-,24+,25-,26+,31-,32-/m0/s1/i33-4. The second kappa shape index (κ2) is 13.7. The fraction of sp³-hybridized carbons (Fsp3) is 0.781. The van der Waals surface area contributed by atoms with Gasteiger partial charge in [-0.2, -0.15) is 0 Å². The Morgan fingerprint density at radius 2 is 1.73 bits per heavy atom. The fourth-order valence-corrected chi connectivity index (χ4v) is 10.6. The number of aromatic nitrogens is 2. The minimum Gasteiger partial charge on any atom is -0.462 e. The van der Waals surface area contributed by atoms with Gasteiger partial charge < -0.3 is 24.0 Å². The van der Waals surface area contributed by atoms with Crippen molar-refractivity contribution < 1.29 is 47.5 Å². The van der Waals surface area contributed by atoms with E-state index in [1.165, 1.54) is 6.20 Å². The average Bonchev–Trinajstić information content (AvgIpc) is 3.56. The number of aromatic amines is 1. The predicted molar refractivity (Wildman–Crippen MR) is 176 cm³/mol. The van der Waals surface area contributed by atoms with Crippen molar-refractivity contribution in [3.05, 3.63) is 30.6 Å². The van der Waals surface area contributed by atoms with E-state index >= 15 is 0 Å². The number of esters is 2. The molecule has 3 N–H and O–H groups in total. The van der Waals surface area contributed by atoms with Crippen LogP contribution in [0.1, 0.15) is 97.1 Å². The summed E-state index contributed by atoms with van der Waals surface area (Å²) >= 11 is 1.75. The van der Waals surface area contributed by atoms with Crippen molar-refractivity contribution in [3.63, 3.8) is 0 Å². The highest BCUT2D eigenvalue weighted by Crippen LogP contribution is 2.66. The van der Waals surface area contributed by atoms with E-state index in [0.29, 0.717) is 35.9 Å². The molecule has 0 aromatic carbocycles. The van der Waals surface area contributed by atoms with Gasteiger partial charge in [0.05, 0.1) is 23.0 Å². The zero-order chi connectivity index (χ0) is 34.6. The quantitative estimate of drug-likeness (QED) is 0.186. The predicted octanol–water partition coefficient (Wildman–Crippen LogP) is 3.75. The summed E-state index contributed by atoms with van der Waals surface area (Å²) in [5.74, 6) is 1.26. The smallest absolute Gasteiger partial charge is 0.462 e. The van der Waals surface area contributed by atoms with Crippen LogP contribution in [0.4, 0.5) is 0 Å². The highest BCUT2D eigenvalue weighted by molar-refractivity contribution is 14.1. The van der Waals surface area contributed by atoms with Crippen LogP contribution in [0.15, 0.2) is 15.8 Å². The summed E-state index contributed by atoms with van der Waals surface area (Å²) in [6.45, 7) is 4.03. The maximum Gasteiger partial charge on any atom is 0.469 e. The number of carbonyl (C=O) groups excluding carboxylic acids is 3. The average molecular weight is 803 g/mol. The van der Waals surface area contributed by atoms with Crippen molar-refractivity contribution in [1.29, 1.82) is 0 Å². The number of hydrogen-bond donors (Lipinski definition) is 3. The second-order valence-electron chi connectivity index (χ2n) is 14.8. The molecule has 5 aliphatic rings. The summed E-state index contributed by atoms with van der Waals surface area (Å²) < 4.78 is 34.6. The number of nitrogens with zero attached hydrogens (tertiary/aromatic N) is 1. The third-order valence-corrected chi connectivity index (χ3v) is 13.6. The molecule has 0 radical (unpaired) electrons. The molecule has 1 saturated heterocycles. The Morgan fingerprint density at radius 1 is 1.02 bits per heavy atom. The number of fused-ring (bicyclic) bond motifs is 5. The zero-order valence-electron chi connectivity index (χ0n) is 27.1. The molecule has 1 aliphatic heterocycles. The number of rotatable bonds is 9. The molecule has 4 aliphatic carbocycles. The molecule has 0 unspecified atom stereocenters. The van der Waals surface area contributed by atoms with Crippen LogP contribution in [-0.4, -0.2) is 62.0 Å². The Labute approximate surface area is 291 Å². The lowest BCUT2D eigenvalue weighted by molar-refractivity contribution is -0.167. The van der Waals surface area contributed by atoms with Crippen LogP contribution in [0.2, 0.25) is 0 Å². The summed E-state index contributed by atoms with van der Waals surface area (Å²) in [4.78, 5) is 82.9. The van der Waals surface area contributed by atoms with Crippen molar-refractivity contribution in [2.45, 2.75) is 115 Å². The van der Waals surface area contributed by atoms with Gasteiger partial charge >= 0.3 is 25.5 Å². The molecule has 5 fully saturated rings. The number of carbonyl (C=O) groups is 3. The molecule has 1 aromatic heterocycles. The summed E-state index contributed by atoms with van der Waals surface area (Å²) in [6.07, 6.45) is 5.70. The van der Waals surface area contributed by atoms with E-state index < -0.39 is 56.1 Å². The molecule has 14 nitrogen and oxygen atoms in total. The minimum absolute atomic E-state index is 0.0620. The van der Waals surface area contributed by atoms with Crippen molar-refractivity contribution in [1.82, 2.24) is 9.55 Å². The first-order valence-electron chi connectivity index (χ1n) is 16.8. The Bertz CT molecular complexity index is 1610. The van der Waals surface area contributed by atoms with Gasteiger partial charge in [0, 0.05) is 30.9 Å². The molecule has 266 valence electrons. The van der Waals surface area contributed by atoms with Gasteiger partial charge in [-0.1, -0.05) is 13.8 Å². The molecule has 4 saturated carbocycles. The SMILES string of the molecule is C[C@]12CCC(=O)C[C@@H]1CC[C@@H]1[C@@H]2CC[C@]2(C)[C@@H](OC(=O)CCC(=O)O[C@H]3C[C@H](n4cc([123I])c(=O)[nH]c4=O)O[C@@H]3COP(=O)(O)O)CC[C@@H]12. The first-order chi connectivity index (χ1) is 22.6. The summed E-state index contributed by atoms with van der Waals surface area (Å²) in [5.41, 5.74) is -1.28. The van der Waals surface area contributed by atoms with Gasteiger partial charge in [0.25, 0.3) is 5.56 Å². The molecular formula is C32H44IN2O12P. The molecule has 2 heterocycles. The topological polar surface area (TPSA) is 201 Å². The lowest BCUT2D eigenvalue weighted by Gasteiger charge is -2.60. The van der Waals surface area contributed by atoms with Crippen LogP contribution < -0.4 is 11.2 Å². The van der Waals surface area contributed by atoms with Crippen molar-refractivity contribution in [2.24, 2.45) is 34.5 Å². The van der Waals surface area contributed by atoms with E-state index in [4.69, 9.17) is 14.2 Å². The van der Waals surface area contributed by atoms with E-state index in [2.05, 4.69) is 23.4 Å². The van der Waals surface area contributed by atoms with Gasteiger partial charge in [0.1, 0.15) is 30.3 Å². The van der Waals surface area contributed by atoms with Crippen LogP contribution >= 0.6 is 30.4 Å². The monoisotopic (exact) mass is 802 g/mol. The minimum atomic E-state index is -4.88. The number of halogens is 1. The highest BCUT2D eigenvalue weighted by Gasteiger charge is 2.61. The molecule has 6 rings (SSSR count). The van der Waals surface area contributed by atoms with E-state index in [-0.39, 0.29) is 39.8 Å². The molecule has 48 heavy (non-hydrogen) atoms. The Balaban J connectivity index is 1.04. The van der Waals surface area contributed by atoms with Gasteiger partial charge in [0.2, 0.25) is 0 Å². The molecule has 0 amide bonds. The van der Waals surface area contributed by atoms with Crippen molar-refractivity contribution in [3.8, 4) is 0 Å². The number of ether oxygens (including phenoxy) is 3. The summed E-state index contributed by atoms with van der Waals surface area (Å²) in [6, 6.07) is 0. The first-order valence-corrected chi connectivity index (χ1v) is 19.5. The second-order valence-corrected chi connectivity index (χ2v) is 17.2. The molecule has 16 heteroatoms. The Morgan fingerprint density at radius 3 is 2.46 bits per heavy atom. The number of ketones is 1. The number of hydrogen-bond acceptors (Lipinski definition) is 10. The van der Waals surface area contributed by atoms with Gasteiger partial charge in [-0.15, -0.1) is 0 Å². The van der Waals surface area contributed by atoms with E-state index in [1.807, 2.05) is 0 Å². The normalized spacial score (nSPS) is 37.7. The maximum absolute atomic E-state index is 13.1. The Hall–Kier alpha value is -1.91. The van der Waals surface area contributed by atoms with E-state index in [1.54, 1.807) is 22.6 Å². The number of phosphoric acid groups is 1. The molecule has 1 aromatic rings. The first kappa shape index (κ1) is 35.9. The van der Waals surface area contributed by atoms with Crippen molar-refractivity contribution in [2.75, 3.05) is 6.61 Å². The van der Waals surface area contributed by atoms with Crippen LogP contribution in [0, 0.1) is 38.1 Å². The maximum atomic E-state index is 13.1. The fourth-order valence-electron chi connectivity index (χ4n) is 9.83. The molecule has 0 spiro atoms. The summed E-state index contributed by atoms with van der Waals surface area (Å²) in [5, 5.41) is 0. The number of phosphoric ester groups is 1. The van der Waals surface area contributed by atoms with Crippen molar-refractivity contribution >= 4 is 48.1 Å². The van der Waals surface area contributed by atoms with Gasteiger partial charge in [0.15, 0.2) is 0 Å². The third-order valence-electron chi connectivity index (χ3n) is 12.3. The van der Waals surface area contributed by atoms with Gasteiger partial charge in [-0.3, -0.25) is 33.3 Å². The van der Waals surface area contributed by atoms with Gasteiger partial charge in [-0.25, -0.2) is 9.36 Å². The molecule has 0 bridgehead atoms. The number of H-pyrrole nitrogens is 1. The Kier molecular flexibility index (Phi) is 10.2. The molecule has 10 atom stereocenters. The summed E-state index contributed by atoms with van der Waals surface area (Å²) in [7, 11) is -4.88. The largest absolute Gasteiger partial charge is 0.469 e. The van der Waals surface area contributed by atoms with Gasteiger partial charge in [-0.05, 0) is 96.6 Å². The van der Waals surface area contributed by atoms with Crippen LogP contribution in [0.25, 0.3) is 0 Å². The van der Waals surface area contributed by atoms with Crippen LogP contribution in [0.3, 0.4) is 0 Å². The lowest BCUT2D eigenvalue weighted by Crippen LogP contribution is -2.54. The van der Waals surface area contributed by atoms with Crippen LogP contribution in [0.5, 0.6) is 0 Å².